The number of hydrogen-bond acceptors (Lipinski definition) is 6. The second-order valence-corrected chi connectivity index (χ2v) is 11.5. The summed E-state index contributed by atoms with van der Waals surface area (Å²) in [5, 5.41) is 0. The SMILES string of the molecule is CS(=O)(=O)N1CC=C(c2cc3c(cn2)O[C@H](C2CCN(c4ncc(C(F)(F)F)cc4F)CC2)C3)CC1. The number of halogens is 4. The highest BCUT2D eigenvalue weighted by atomic mass is 32.2. The van der Waals surface area contributed by atoms with Crippen molar-refractivity contribution in [3.05, 3.63) is 53.2 Å². The number of sulfonamides is 1. The van der Waals surface area contributed by atoms with Gasteiger partial charge in [0.2, 0.25) is 10.0 Å². The van der Waals surface area contributed by atoms with Crippen molar-refractivity contribution in [1.29, 1.82) is 0 Å². The van der Waals surface area contributed by atoms with Gasteiger partial charge < -0.3 is 9.64 Å². The molecule has 5 rings (SSSR count). The van der Waals surface area contributed by atoms with Crippen LogP contribution in [0, 0.1) is 11.7 Å². The van der Waals surface area contributed by atoms with Crippen LogP contribution in [0.1, 0.15) is 36.1 Å². The van der Waals surface area contributed by atoms with Gasteiger partial charge in [-0.2, -0.15) is 17.5 Å². The fourth-order valence-corrected chi connectivity index (χ4v) is 5.86. The predicted molar refractivity (Wildman–Crippen MR) is 126 cm³/mol. The number of fused-ring (bicyclic) bond motifs is 1. The molecule has 36 heavy (non-hydrogen) atoms. The number of rotatable bonds is 4. The largest absolute Gasteiger partial charge is 0.488 e. The van der Waals surface area contributed by atoms with Gasteiger partial charge in [-0.05, 0) is 42.9 Å². The van der Waals surface area contributed by atoms with E-state index in [1.54, 1.807) is 11.1 Å². The average molecular weight is 527 g/mol. The van der Waals surface area contributed by atoms with Crippen LogP contribution < -0.4 is 9.64 Å². The van der Waals surface area contributed by atoms with Crippen LogP contribution in [0.25, 0.3) is 5.57 Å². The lowest BCUT2D eigenvalue weighted by molar-refractivity contribution is -0.138. The number of ether oxygens (including phenoxy) is 1. The Hall–Kier alpha value is -2.73. The van der Waals surface area contributed by atoms with Crippen LogP contribution in [0.5, 0.6) is 5.75 Å². The minimum Gasteiger partial charge on any atom is -0.488 e. The summed E-state index contributed by atoms with van der Waals surface area (Å²) in [6.45, 7) is 1.71. The molecule has 1 fully saturated rings. The molecule has 3 aliphatic rings. The topological polar surface area (TPSA) is 75.6 Å². The highest BCUT2D eigenvalue weighted by Gasteiger charge is 2.36. The molecule has 2 aromatic heterocycles. The summed E-state index contributed by atoms with van der Waals surface area (Å²) in [6, 6.07) is 2.50. The molecule has 0 bridgehead atoms. The molecule has 0 unspecified atom stereocenters. The normalized spacial score (nSPS) is 21.8. The average Bonchev–Trinajstić information content (AvgIpc) is 3.27. The maximum atomic E-state index is 14.3. The van der Waals surface area contributed by atoms with Crippen LogP contribution in [-0.2, 0) is 22.6 Å². The first kappa shape index (κ1) is 24.9. The zero-order chi connectivity index (χ0) is 25.7. The van der Waals surface area contributed by atoms with E-state index in [0.717, 1.165) is 22.6 Å². The Morgan fingerprint density at radius 3 is 2.44 bits per heavy atom. The molecule has 1 saturated heterocycles. The van der Waals surface area contributed by atoms with Crippen LogP contribution in [-0.4, -0.2) is 61.2 Å². The van der Waals surface area contributed by atoms with E-state index in [9.17, 15) is 26.0 Å². The Bertz CT molecular complexity index is 1290. The van der Waals surface area contributed by atoms with Gasteiger partial charge in [0.15, 0.2) is 11.6 Å². The minimum absolute atomic E-state index is 0.0503. The molecule has 194 valence electrons. The lowest BCUT2D eigenvalue weighted by Crippen LogP contribution is -2.40. The molecule has 7 nitrogen and oxygen atoms in total. The van der Waals surface area contributed by atoms with Gasteiger partial charge in [-0.1, -0.05) is 6.08 Å². The lowest BCUT2D eigenvalue weighted by Gasteiger charge is -2.35. The molecule has 2 aromatic rings. The number of alkyl halides is 3. The third kappa shape index (κ3) is 5.06. The van der Waals surface area contributed by atoms with E-state index in [4.69, 9.17) is 4.74 Å². The second kappa shape index (κ2) is 9.29. The van der Waals surface area contributed by atoms with E-state index in [2.05, 4.69) is 9.97 Å². The first-order chi connectivity index (χ1) is 17.0. The van der Waals surface area contributed by atoms with Crippen molar-refractivity contribution >= 4 is 21.4 Å². The molecule has 0 N–H and O–H groups in total. The number of nitrogens with zero attached hydrogens (tertiary/aromatic N) is 4. The van der Waals surface area contributed by atoms with Crippen LogP contribution in [0.2, 0.25) is 0 Å². The van der Waals surface area contributed by atoms with Crippen LogP contribution in [0.3, 0.4) is 0 Å². The summed E-state index contributed by atoms with van der Waals surface area (Å²) >= 11 is 0. The van der Waals surface area contributed by atoms with Crippen LogP contribution >= 0.6 is 0 Å². The maximum absolute atomic E-state index is 14.3. The molecule has 0 aromatic carbocycles. The van der Waals surface area contributed by atoms with Crippen molar-refractivity contribution < 1.29 is 30.7 Å². The van der Waals surface area contributed by atoms with Crippen molar-refractivity contribution in [2.24, 2.45) is 5.92 Å². The number of hydrogen-bond donors (Lipinski definition) is 0. The maximum Gasteiger partial charge on any atom is 0.417 e. The zero-order valence-corrected chi connectivity index (χ0v) is 20.4. The van der Waals surface area contributed by atoms with Gasteiger partial charge in [0.1, 0.15) is 11.9 Å². The molecule has 0 amide bonds. The molecule has 0 spiro atoms. The van der Waals surface area contributed by atoms with Gasteiger partial charge in [0.25, 0.3) is 0 Å². The highest BCUT2D eigenvalue weighted by molar-refractivity contribution is 7.88. The molecule has 0 saturated carbocycles. The van der Waals surface area contributed by atoms with E-state index in [0.29, 0.717) is 64.1 Å². The zero-order valence-electron chi connectivity index (χ0n) is 19.6. The van der Waals surface area contributed by atoms with Crippen molar-refractivity contribution in [1.82, 2.24) is 14.3 Å². The highest BCUT2D eigenvalue weighted by Crippen LogP contribution is 2.38. The van der Waals surface area contributed by atoms with Gasteiger partial charge >= 0.3 is 6.18 Å². The van der Waals surface area contributed by atoms with E-state index in [1.165, 1.54) is 10.6 Å². The monoisotopic (exact) mass is 526 g/mol. The minimum atomic E-state index is -4.63. The quantitative estimate of drug-likeness (QED) is 0.563. The van der Waals surface area contributed by atoms with Gasteiger partial charge in [0, 0.05) is 44.4 Å². The third-order valence-corrected chi connectivity index (χ3v) is 8.40. The summed E-state index contributed by atoms with van der Waals surface area (Å²) < 4.78 is 83.8. The molecular weight excluding hydrogens is 500 g/mol. The molecule has 12 heteroatoms. The summed E-state index contributed by atoms with van der Waals surface area (Å²) in [4.78, 5) is 9.96. The van der Waals surface area contributed by atoms with E-state index in [1.807, 2.05) is 12.1 Å². The number of pyridine rings is 2. The van der Waals surface area contributed by atoms with E-state index >= 15 is 0 Å². The van der Waals surface area contributed by atoms with Crippen molar-refractivity contribution in [2.75, 3.05) is 37.3 Å². The first-order valence-corrected chi connectivity index (χ1v) is 13.6. The first-order valence-electron chi connectivity index (χ1n) is 11.8. The number of anilines is 1. The van der Waals surface area contributed by atoms with Crippen molar-refractivity contribution in [3.63, 3.8) is 0 Å². The smallest absolute Gasteiger partial charge is 0.417 e. The Labute approximate surface area is 206 Å². The Balaban J connectivity index is 1.20. The van der Waals surface area contributed by atoms with Crippen molar-refractivity contribution in [3.8, 4) is 5.75 Å². The molecule has 5 heterocycles. The number of aromatic nitrogens is 2. The summed E-state index contributed by atoms with van der Waals surface area (Å²) in [5.74, 6) is -0.0770. The van der Waals surface area contributed by atoms with Crippen LogP contribution in [0.4, 0.5) is 23.4 Å². The Kier molecular flexibility index (Phi) is 6.44. The summed E-state index contributed by atoms with van der Waals surface area (Å²) in [5.41, 5.74) is 1.79. The molecular formula is C24H26F4N4O3S. The summed E-state index contributed by atoms with van der Waals surface area (Å²) in [6.07, 6.45) is 3.52. The Morgan fingerprint density at radius 2 is 1.83 bits per heavy atom. The predicted octanol–water partition coefficient (Wildman–Crippen LogP) is 3.90. The second-order valence-electron chi connectivity index (χ2n) is 9.49. The van der Waals surface area contributed by atoms with Crippen LogP contribution in [0.15, 0.2) is 30.6 Å². The van der Waals surface area contributed by atoms with E-state index in [-0.39, 0.29) is 17.8 Å². The number of piperidine rings is 1. The van der Waals surface area contributed by atoms with Gasteiger partial charge in [-0.15, -0.1) is 0 Å². The fraction of sp³-hybridized carbons (Fsp3) is 0.500. The lowest BCUT2D eigenvalue weighted by atomic mass is 9.88. The van der Waals surface area contributed by atoms with E-state index < -0.39 is 27.6 Å². The molecule has 0 aliphatic carbocycles. The fourth-order valence-electron chi connectivity index (χ4n) is 5.10. The van der Waals surface area contributed by atoms with Gasteiger partial charge in [-0.3, -0.25) is 4.98 Å². The molecule has 1 atom stereocenters. The van der Waals surface area contributed by atoms with Gasteiger partial charge in [-0.25, -0.2) is 17.8 Å². The van der Waals surface area contributed by atoms with Gasteiger partial charge in [0.05, 0.1) is 23.7 Å². The molecule has 3 aliphatic heterocycles. The standard InChI is InChI=1S/C24H26F4N4O3S/c1-36(33,34)32-8-4-15(5-9-32)20-10-17-11-21(35-22(17)14-29-20)16-2-6-31(7-3-16)23-19(25)12-18(13-30-23)24(26,27)28/h4,10,12-14,16,21H,2-3,5-9,11H2,1H3/t21-/m0/s1. The summed E-state index contributed by atoms with van der Waals surface area (Å²) in [7, 11) is -3.22. The molecule has 0 radical (unpaired) electrons. The van der Waals surface area contributed by atoms with Crippen molar-refractivity contribution in [2.45, 2.75) is 38.0 Å². The third-order valence-electron chi connectivity index (χ3n) is 7.13. The Morgan fingerprint density at radius 1 is 1.08 bits per heavy atom.